The molecule has 0 aromatic carbocycles. The fourth-order valence-electron chi connectivity index (χ4n) is 1.33. The van der Waals surface area contributed by atoms with E-state index < -0.39 is 0 Å². The minimum atomic E-state index is -0.136. The largest absolute Gasteiger partial charge is 0.426 e. The molecule has 2 heterocycles. The molecule has 1 amide bonds. The molecule has 2 rings (SSSR count). The van der Waals surface area contributed by atoms with Crippen LogP contribution in [0, 0.1) is 6.92 Å². The predicted molar refractivity (Wildman–Crippen MR) is 59.3 cm³/mol. The lowest BCUT2D eigenvalue weighted by molar-refractivity contribution is 0.0953. The van der Waals surface area contributed by atoms with Crippen LogP contribution in [0.5, 0.6) is 0 Å². The smallest absolute Gasteiger partial charge is 0.251 e. The SMILES string of the molecule is Cc1nnc(CCNC(=O)c2ccncc2)o1. The van der Waals surface area contributed by atoms with Crippen LogP contribution in [0.15, 0.2) is 28.9 Å². The van der Waals surface area contributed by atoms with E-state index in [1.54, 1.807) is 31.5 Å². The lowest BCUT2D eigenvalue weighted by atomic mass is 10.2. The molecular formula is C11H12N4O2. The second-order valence-electron chi connectivity index (χ2n) is 3.46. The Morgan fingerprint density at radius 1 is 1.35 bits per heavy atom. The zero-order chi connectivity index (χ0) is 12.1. The number of hydrogen-bond acceptors (Lipinski definition) is 5. The van der Waals surface area contributed by atoms with Gasteiger partial charge >= 0.3 is 0 Å². The summed E-state index contributed by atoms with van der Waals surface area (Å²) >= 11 is 0. The van der Waals surface area contributed by atoms with Crippen molar-refractivity contribution in [2.75, 3.05) is 6.54 Å². The summed E-state index contributed by atoms with van der Waals surface area (Å²) in [6, 6.07) is 3.32. The van der Waals surface area contributed by atoms with Gasteiger partial charge < -0.3 is 9.73 Å². The van der Waals surface area contributed by atoms with Gasteiger partial charge in [-0.1, -0.05) is 0 Å². The van der Waals surface area contributed by atoms with E-state index in [1.807, 2.05) is 0 Å². The van der Waals surface area contributed by atoms with Crippen LogP contribution in [0.2, 0.25) is 0 Å². The summed E-state index contributed by atoms with van der Waals surface area (Å²) in [6.45, 7) is 2.19. The number of pyridine rings is 1. The molecule has 0 atom stereocenters. The van der Waals surface area contributed by atoms with Gasteiger partial charge in [-0.05, 0) is 12.1 Å². The summed E-state index contributed by atoms with van der Waals surface area (Å²) in [5, 5.41) is 10.3. The lowest BCUT2D eigenvalue weighted by Crippen LogP contribution is -2.25. The van der Waals surface area contributed by atoms with Crippen LogP contribution in [0.3, 0.4) is 0 Å². The molecule has 6 nitrogen and oxygen atoms in total. The number of carbonyl (C=O) groups excluding carboxylic acids is 1. The van der Waals surface area contributed by atoms with Crippen molar-refractivity contribution >= 4 is 5.91 Å². The summed E-state index contributed by atoms with van der Waals surface area (Å²) < 4.78 is 5.19. The number of aryl methyl sites for hydroxylation is 1. The highest BCUT2D eigenvalue weighted by Gasteiger charge is 2.06. The first-order chi connectivity index (χ1) is 8.25. The highest BCUT2D eigenvalue weighted by molar-refractivity contribution is 5.93. The van der Waals surface area contributed by atoms with E-state index in [0.29, 0.717) is 30.3 Å². The Bertz CT molecular complexity index is 495. The Kier molecular flexibility index (Phi) is 3.44. The average molecular weight is 232 g/mol. The van der Waals surface area contributed by atoms with Crippen molar-refractivity contribution in [1.29, 1.82) is 0 Å². The van der Waals surface area contributed by atoms with Gasteiger partial charge in [0.25, 0.3) is 5.91 Å². The molecular weight excluding hydrogens is 220 g/mol. The highest BCUT2D eigenvalue weighted by atomic mass is 16.4. The molecule has 0 spiro atoms. The Balaban J connectivity index is 1.81. The topological polar surface area (TPSA) is 80.9 Å². The summed E-state index contributed by atoms with van der Waals surface area (Å²) in [6.07, 6.45) is 3.68. The molecule has 0 unspecified atom stereocenters. The summed E-state index contributed by atoms with van der Waals surface area (Å²) in [4.78, 5) is 15.5. The van der Waals surface area contributed by atoms with Gasteiger partial charge in [0, 0.05) is 37.8 Å². The molecule has 0 fully saturated rings. The zero-order valence-electron chi connectivity index (χ0n) is 9.38. The first-order valence-electron chi connectivity index (χ1n) is 5.23. The molecule has 0 aliphatic heterocycles. The number of nitrogens with one attached hydrogen (secondary N) is 1. The maximum absolute atomic E-state index is 11.6. The molecule has 0 aliphatic carbocycles. The molecule has 0 radical (unpaired) electrons. The second-order valence-corrected chi connectivity index (χ2v) is 3.46. The molecule has 2 aromatic rings. The summed E-state index contributed by atoms with van der Waals surface area (Å²) in [7, 11) is 0. The minimum Gasteiger partial charge on any atom is -0.426 e. The van der Waals surface area contributed by atoms with Gasteiger partial charge in [0.05, 0.1) is 0 Å². The minimum absolute atomic E-state index is 0.136. The Morgan fingerprint density at radius 2 is 2.12 bits per heavy atom. The van der Waals surface area contributed by atoms with E-state index >= 15 is 0 Å². The Hall–Kier alpha value is -2.24. The van der Waals surface area contributed by atoms with E-state index in [2.05, 4.69) is 20.5 Å². The Morgan fingerprint density at radius 3 is 2.76 bits per heavy atom. The van der Waals surface area contributed by atoms with E-state index in [0.717, 1.165) is 0 Å². The first-order valence-corrected chi connectivity index (χ1v) is 5.23. The molecule has 6 heteroatoms. The van der Waals surface area contributed by atoms with Crippen LogP contribution in [0.1, 0.15) is 22.1 Å². The predicted octanol–water partition coefficient (Wildman–Crippen LogP) is 0.746. The highest BCUT2D eigenvalue weighted by Crippen LogP contribution is 1.99. The number of rotatable bonds is 4. The van der Waals surface area contributed by atoms with Crippen molar-refractivity contribution in [1.82, 2.24) is 20.5 Å². The number of hydrogen-bond donors (Lipinski definition) is 1. The number of nitrogens with zero attached hydrogens (tertiary/aromatic N) is 3. The number of aromatic nitrogens is 3. The molecule has 0 saturated heterocycles. The third-order valence-electron chi connectivity index (χ3n) is 2.13. The van der Waals surface area contributed by atoms with Gasteiger partial charge in [-0.25, -0.2) is 0 Å². The first kappa shape index (κ1) is 11.3. The van der Waals surface area contributed by atoms with Gasteiger partial charge in [-0.15, -0.1) is 10.2 Å². The van der Waals surface area contributed by atoms with Crippen molar-refractivity contribution in [3.05, 3.63) is 41.9 Å². The zero-order valence-corrected chi connectivity index (χ0v) is 9.38. The van der Waals surface area contributed by atoms with E-state index in [1.165, 1.54) is 0 Å². The van der Waals surface area contributed by atoms with Gasteiger partial charge in [-0.3, -0.25) is 9.78 Å². The average Bonchev–Trinajstić information content (AvgIpc) is 2.76. The molecule has 17 heavy (non-hydrogen) atoms. The third-order valence-corrected chi connectivity index (χ3v) is 2.13. The monoisotopic (exact) mass is 232 g/mol. The van der Waals surface area contributed by atoms with Crippen molar-refractivity contribution in [2.24, 2.45) is 0 Å². The van der Waals surface area contributed by atoms with Crippen molar-refractivity contribution in [3.63, 3.8) is 0 Å². The van der Waals surface area contributed by atoms with Gasteiger partial charge in [0.1, 0.15) is 0 Å². The van der Waals surface area contributed by atoms with E-state index in [4.69, 9.17) is 4.42 Å². The van der Waals surface area contributed by atoms with Crippen LogP contribution < -0.4 is 5.32 Å². The summed E-state index contributed by atoms with van der Waals surface area (Å²) in [5.41, 5.74) is 0.585. The lowest BCUT2D eigenvalue weighted by Gasteiger charge is -2.02. The Labute approximate surface area is 98.1 Å². The number of amides is 1. The van der Waals surface area contributed by atoms with Crippen molar-refractivity contribution in [3.8, 4) is 0 Å². The fraction of sp³-hybridized carbons (Fsp3) is 0.273. The molecule has 0 bridgehead atoms. The molecule has 0 saturated carbocycles. The van der Waals surface area contributed by atoms with Crippen LogP contribution in [-0.4, -0.2) is 27.6 Å². The van der Waals surface area contributed by atoms with Crippen LogP contribution in [0.4, 0.5) is 0 Å². The molecule has 1 N–H and O–H groups in total. The fourth-order valence-corrected chi connectivity index (χ4v) is 1.33. The second kappa shape index (κ2) is 5.20. The quantitative estimate of drug-likeness (QED) is 0.841. The third kappa shape index (κ3) is 3.10. The maximum atomic E-state index is 11.6. The van der Waals surface area contributed by atoms with Crippen molar-refractivity contribution < 1.29 is 9.21 Å². The van der Waals surface area contributed by atoms with Gasteiger partial charge in [0.2, 0.25) is 11.8 Å². The standard InChI is InChI=1S/C11H12N4O2/c1-8-14-15-10(17-8)4-7-13-11(16)9-2-5-12-6-3-9/h2-3,5-6H,4,7H2,1H3,(H,13,16). The van der Waals surface area contributed by atoms with Crippen molar-refractivity contribution in [2.45, 2.75) is 13.3 Å². The van der Waals surface area contributed by atoms with Crippen LogP contribution >= 0.6 is 0 Å². The van der Waals surface area contributed by atoms with Gasteiger partial charge in [-0.2, -0.15) is 0 Å². The molecule has 2 aromatic heterocycles. The number of carbonyl (C=O) groups is 1. The molecule has 88 valence electrons. The molecule has 0 aliphatic rings. The van der Waals surface area contributed by atoms with E-state index in [9.17, 15) is 4.79 Å². The van der Waals surface area contributed by atoms with Crippen LogP contribution in [-0.2, 0) is 6.42 Å². The van der Waals surface area contributed by atoms with Gasteiger partial charge in [0.15, 0.2) is 0 Å². The maximum Gasteiger partial charge on any atom is 0.251 e. The normalized spacial score (nSPS) is 10.2. The summed E-state index contributed by atoms with van der Waals surface area (Å²) in [5.74, 6) is 0.918. The van der Waals surface area contributed by atoms with E-state index in [-0.39, 0.29) is 5.91 Å². The van der Waals surface area contributed by atoms with Crippen LogP contribution in [0.25, 0.3) is 0 Å².